The third kappa shape index (κ3) is 35.1. The smallest absolute Gasteiger partial charge is 0.419 e. The second-order valence-corrected chi connectivity index (χ2v) is 42.5. The number of hydrogen-bond acceptors (Lipinski definition) is 27. The zero-order valence-corrected chi connectivity index (χ0v) is 76.9. The van der Waals surface area contributed by atoms with Crippen molar-refractivity contribution in [3.8, 4) is 0 Å². The highest BCUT2D eigenvalue weighted by molar-refractivity contribution is 7.00. The summed E-state index contributed by atoms with van der Waals surface area (Å²) in [5, 5.41) is 80.7. The van der Waals surface area contributed by atoms with Crippen molar-refractivity contribution in [3.05, 3.63) is 265 Å². The summed E-state index contributed by atoms with van der Waals surface area (Å²) in [5.41, 5.74) is 4.61. The van der Waals surface area contributed by atoms with Gasteiger partial charge in [-0.15, -0.1) is 0 Å². The van der Waals surface area contributed by atoms with Crippen LogP contribution in [0.15, 0.2) is 325 Å². The maximum Gasteiger partial charge on any atom is 0.419 e. The van der Waals surface area contributed by atoms with Crippen LogP contribution in [0.5, 0.6) is 0 Å². The molecule has 0 radical (unpaired) electrons. The number of carboxylic acids is 1. The predicted octanol–water partition coefficient (Wildman–Crippen LogP) is 19.4. The van der Waals surface area contributed by atoms with E-state index in [9.17, 15) is 24.0 Å². The quantitative estimate of drug-likeness (QED) is 0.0144. The topological polar surface area (TPSA) is 388 Å². The number of alkyl carbamates (subject to hydrolysis) is 1. The number of rotatable bonds is 35. The highest BCUT2D eigenvalue weighted by atomic mass is 28.4. The summed E-state index contributed by atoms with van der Waals surface area (Å²) >= 11 is 0. The fraction of sp³-hybridized carbons (Fsp3) is 0.421. The number of para-hydroxylation sites is 1. The Labute approximate surface area is 750 Å². The Bertz CT molecular complexity index is 5070. The van der Waals surface area contributed by atoms with Crippen molar-refractivity contribution in [2.24, 2.45) is 81.8 Å². The lowest BCUT2D eigenvalue weighted by molar-refractivity contribution is -0.145. The van der Waals surface area contributed by atoms with Crippen molar-refractivity contribution < 1.29 is 56.9 Å². The van der Waals surface area contributed by atoms with Gasteiger partial charge < -0.3 is 43.5 Å². The first-order chi connectivity index (χ1) is 61.7. The molecule has 0 spiro atoms. The maximum atomic E-state index is 12.3. The molecule has 1 unspecified atom stereocenters. The number of carboxylic acid groups (broad SMARTS) is 1. The van der Waals surface area contributed by atoms with Gasteiger partial charge in [0, 0.05) is 69.6 Å². The van der Waals surface area contributed by atoms with E-state index in [2.05, 4.69) is 262 Å². The highest BCUT2D eigenvalue weighted by Crippen LogP contribution is 2.40. The number of carbonyl (C=O) groups is 5. The number of aliphatic carboxylic acids is 1. The Kier molecular flexibility index (Phi) is 37.5. The number of esters is 1. The first kappa shape index (κ1) is 97.8. The van der Waals surface area contributed by atoms with Gasteiger partial charge in [-0.2, -0.15) is 81.8 Å². The molecule has 8 aromatic carbocycles. The van der Waals surface area contributed by atoms with Crippen molar-refractivity contribution >= 4 is 78.3 Å². The molecule has 1 aromatic heterocycles. The van der Waals surface area contributed by atoms with Crippen LogP contribution < -0.4 is 31.4 Å². The summed E-state index contributed by atoms with van der Waals surface area (Å²) in [6.45, 7) is 27.1. The van der Waals surface area contributed by atoms with Gasteiger partial charge in [-0.1, -0.05) is 272 Å². The van der Waals surface area contributed by atoms with Gasteiger partial charge in [0.25, 0.3) is 16.6 Å². The molecule has 0 fully saturated rings. The van der Waals surface area contributed by atoms with Crippen molar-refractivity contribution in [2.75, 3.05) is 26.3 Å². The zero-order valence-electron chi connectivity index (χ0n) is 74.9. The van der Waals surface area contributed by atoms with Crippen molar-refractivity contribution in [2.45, 2.75) is 231 Å². The van der Waals surface area contributed by atoms with Crippen LogP contribution in [0.25, 0.3) is 10.9 Å². The number of carbonyl (C=O) groups excluding carboxylic acids is 4. The van der Waals surface area contributed by atoms with Crippen LogP contribution in [0.1, 0.15) is 156 Å². The first-order valence-corrected chi connectivity index (χ1v) is 47.3. The minimum atomic E-state index is -2.46. The number of unbranched alkanes of at least 4 members (excludes halogenated alkanes) is 1. The lowest BCUT2D eigenvalue weighted by Gasteiger charge is -2.44. The third-order valence-corrected chi connectivity index (χ3v) is 30.4. The van der Waals surface area contributed by atoms with E-state index in [1.807, 2.05) is 149 Å². The van der Waals surface area contributed by atoms with E-state index in [0.29, 0.717) is 71.8 Å². The molecule has 2 amide bonds. The van der Waals surface area contributed by atoms with E-state index in [1.165, 1.54) is 26.3 Å². The summed E-state index contributed by atoms with van der Waals surface area (Å²) in [6.07, 6.45) is 8.53. The number of nitrogens with one attached hydrogen (secondary N) is 2. The molecule has 0 bridgehead atoms. The molecule has 8 aliphatic heterocycles. The molecule has 0 saturated carbocycles. The fourth-order valence-corrected chi connectivity index (χ4v) is 22.7. The average molecular weight is 1780 g/mol. The molecule has 1 atom stereocenters. The molecular weight excluding hydrogens is 1660 g/mol. The summed E-state index contributed by atoms with van der Waals surface area (Å²) in [4.78, 5) is 55.5. The SMILES string of the molecule is CC(C)(C)OC(=O)n1cc(CC2N=N2)c2ccccc21.CC(C)(C)[Si](OCC1N=N1)(c1ccccc1)c1ccccc1.CC(O[Si](c1ccccc1)(c1ccccc1)C(C)(C)C)C1N=N1.CCNC(=O)CCC1N=N1.O=C(CCC1N=N1)OCc1ccccc1.O=C(NCCCCC1N=N1)OCc1ccccc1.O=C(O)CCC1N=N1.c1ccc(COCC2N=N2)cc1. The normalized spacial score (nSPS) is 15.0. The van der Waals surface area contributed by atoms with Gasteiger partial charge in [-0.25, -0.2) is 9.59 Å². The Morgan fingerprint density at radius 1 is 0.430 bits per heavy atom. The van der Waals surface area contributed by atoms with Crippen molar-refractivity contribution in [1.29, 1.82) is 0 Å². The van der Waals surface area contributed by atoms with Crippen LogP contribution in [0.3, 0.4) is 0 Å². The molecule has 0 saturated heterocycles. The minimum absolute atomic E-state index is 0.00113. The molecule has 9 heterocycles. The minimum Gasteiger partial charge on any atom is -0.481 e. The lowest BCUT2D eigenvalue weighted by atomic mass is 10.1. The van der Waals surface area contributed by atoms with E-state index >= 15 is 0 Å². The van der Waals surface area contributed by atoms with E-state index in [0.717, 1.165) is 59.7 Å². The summed E-state index contributed by atoms with van der Waals surface area (Å²) < 4.78 is 36.0. The van der Waals surface area contributed by atoms with Gasteiger partial charge in [0.15, 0.2) is 30.8 Å². The number of hydrogen-bond donors (Lipinski definition) is 3. The monoisotopic (exact) mass is 1770 g/mol. The Morgan fingerprint density at radius 2 is 0.828 bits per heavy atom. The van der Waals surface area contributed by atoms with Crippen molar-refractivity contribution in [3.63, 3.8) is 0 Å². The number of benzene rings is 8. The van der Waals surface area contributed by atoms with E-state index in [1.54, 1.807) is 4.57 Å². The van der Waals surface area contributed by atoms with E-state index < -0.39 is 28.2 Å². The molecule has 17 rings (SSSR count). The summed E-state index contributed by atoms with van der Waals surface area (Å²) in [5.74, 6) is -0.863. The van der Waals surface area contributed by atoms with Crippen molar-refractivity contribution in [1.82, 2.24) is 15.2 Å². The molecule has 33 heteroatoms. The summed E-state index contributed by atoms with van der Waals surface area (Å²) in [7, 11) is -4.85. The van der Waals surface area contributed by atoms with Gasteiger partial charge in [0.1, 0.15) is 18.8 Å². The van der Waals surface area contributed by atoms with Crippen LogP contribution in [0, 0.1) is 0 Å². The molecule has 31 nitrogen and oxygen atoms in total. The number of aromatic nitrogens is 1. The molecule has 128 heavy (non-hydrogen) atoms. The Morgan fingerprint density at radius 3 is 1.26 bits per heavy atom. The van der Waals surface area contributed by atoms with E-state index in [-0.39, 0.29) is 96.0 Å². The molecule has 9 aromatic rings. The van der Waals surface area contributed by atoms with Gasteiger partial charge in [-0.3, -0.25) is 19.0 Å². The largest absolute Gasteiger partial charge is 0.481 e. The highest BCUT2D eigenvalue weighted by Gasteiger charge is 2.53. The van der Waals surface area contributed by atoms with Crippen LogP contribution in [-0.2, 0) is 68.4 Å². The number of ether oxygens (including phenoxy) is 4. The van der Waals surface area contributed by atoms with Crippen LogP contribution in [0.2, 0.25) is 10.1 Å². The second kappa shape index (κ2) is 49.0. The van der Waals surface area contributed by atoms with Crippen LogP contribution >= 0.6 is 0 Å². The Hall–Kier alpha value is -12.4. The fourth-order valence-electron chi connectivity index (χ4n) is 13.4. The lowest BCUT2D eigenvalue weighted by Crippen LogP contribution is -2.67. The van der Waals surface area contributed by atoms with Crippen LogP contribution in [-0.4, -0.2) is 144 Å². The summed E-state index contributed by atoms with van der Waals surface area (Å²) in [6, 6.07) is 79.8. The van der Waals surface area contributed by atoms with Gasteiger partial charge in [0.05, 0.1) is 31.4 Å². The number of nitrogens with zero attached hydrogens (tertiary/aromatic N) is 17. The maximum absolute atomic E-state index is 12.3. The van der Waals surface area contributed by atoms with Crippen LogP contribution in [0.4, 0.5) is 9.59 Å². The molecule has 3 N–H and O–H groups in total. The van der Waals surface area contributed by atoms with Gasteiger partial charge in [0.2, 0.25) is 24.4 Å². The average Bonchev–Trinajstić information content (AvgIpc) is 1.60. The molecule has 8 aliphatic rings. The number of fused-ring (bicyclic) bond motifs is 1. The second-order valence-electron chi connectivity index (χ2n) is 33.9. The van der Waals surface area contributed by atoms with Gasteiger partial charge >= 0.3 is 24.1 Å². The Balaban J connectivity index is 0.000000155. The van der Waals surface area contributed by atoms with E-state index in [4.69, 9.17) is 32.9 Å². The molecule has 674 valence electrons. The number of amides is 2. The first-order valence-electron chi connectivity index (χ1n) is 43.5. The van der Waals surface area contributed by atoms with Gasteiger partial charge in [-0.05, 0) is 113 Å². The molecule has 0 aliphatic carbocycles. The predicted molar refractivity (Wildman–Crippen MR) is 493 cm³/mol. The standard InChI is InChI=1S/C19H24N2OSi.C18H22N2OSi.C15H17N3O2.C13H17N3O2.C11H12N2O2.C9H10N2O.C6H11N3O.C4H6N2O2/c1-15(18-20-21-18)22-23(19(2,3)4,16-11-7-5-8-12-16)17-13-9-6-10-14-17;1-18(2,3)22(21-14-17-19-20-17,15-10-6-4-7-11-15)16-12-8-5-9-13-16;1-15(2,3)20-14(19)18-9-10(8-13-16-17-13)11-6-4-5-7-12(11)18;17-13(14-9-5-4-8-12-15-16-12)18-10-11-6-2-1-3-7-11;14-11(7-6-10-12-13-10)15-8-9-4-2-1-3-5-9;1-2-4-8(5-3-1)6-12-7-9-10-11-9;1-2-7-6(10)4-3-5-8-9-5;7-4(8)2-1-3-5-6-3/h5-15,18H,1-4H3;4-13,17H,14H2,1-3H3;4-7,9,13H,8H2,1-3H3;1-3,6-7,12H,4-5,8-10H2,(H,14,17);1-5,10H,6-8H2;1-5,9H,6-7H2;5H,2-4H2,1H3,(H,7,10);3H,1-2H2,(H,7,8). The molecular formula is C95H119N19O12Si2. The zero-order chi connectivity index (χ0) is 91.2. The third-order valence-electron chi connectivity index (χ3n) is 20.3.